The second-order valence-corrected chi connectivity index (χ2v) is 7.97. The Balaban J connectivity index is 1.55. The van der Waals surface area contributed by atoms with Crippen LogP contribution in [0.2, 0.25) is 0 Å². The number of rotatable bonds is 10. The number of hydrogen-bond donors (Lipinski definition) is 3. The van der Waals surface area contributed by atoms with Crippen molar-refractivity contribution in [2.75, 3.05) is 39.3 Å². The van der Waals surface area contributed by atoms with E-state index in [4.69, 9.17) is 10.7 Å². The van der Waals surface area contributed by atoms with Gasteiger partial charge < -0.3 is 20.9 Å². The zero-order valence-electron chi connectivity index (χ0n) is 17.6. The van der Waals surface area contributed by atoms with Crippen molar-refractivity contribution in [2.45, 2.75) is 32.4 Å². The van der Waals surface area contributed by atoms with Crippen molar-refractivity contribution < 1.29 is 4.79 Å². The van der Waals surface area contributed by atoms with Gasteiger partial charge in [-0.3, -0.25) is 14.7 Å². The molecule has 1 aromatic carbocycles. The van der Waals surface area contributed by atoms with E-state index in [1.54, 1.807) is 0 Å². The fourth-order valence-corrected chi connectivity index (χ4v) is 4.37. The molecule has 0 aliphatic carbocycles. The number of pyridine rings is 1. The van der Waals surface area contributed by atoms with Gasteiger partial charge in [0.25, 0.3) is 0 Å². The van der Waals surface area contributed by atoms with E-state index in [1.165, 1.54) is 21.8 Å². The monoisotopic (exact) mass is 408 g/mol. The van der Waals surface area contributed by atoms with Crippen molar-refractivity contribution in [1.29, 1.82) is 0 Å². The number of nitrogens with one attached hydrogen (secondary N) is 2. The maximum atomic E-state index is 11.6. The zero-order chi connectivity index (χ0) is 20.8. The maximum Gasteiger partial charge on any atom is 0.234 e. The van der Waals surface area contributed by atoms with Crippen molar-refractivity contribution in [2.24, 2.45) is 5.73 Å². The lowest BCUT2D eigenvalue weighted by molar-refractivity contribution is -0.124. The number of nitrogens with two attached hydrogens (primary N) is 1. The fourth-order valence-electron chi connectivity index (χ4n) is 4.37. The summed E-state index contributed by atoms with van der Waals surface area (Å²) < 4.78 is 2.42. The molecular formula is C23H32N6O. The van der Waals surface area contributed by atoms with Crippen LogP contribution in [-0.4, -0.2) is 59.6 Å². The molecule has 160 valence electrons. The van der Waals surface area contributed by atoms with E-state index in [9.17, 15) is 4.79 Å². The van der Waals surface area contributed by atoms with E-state index in [2.05, 4.69) is 50.4 Å². The first-order chi connectivity index (χ1) is 14.8. The van der Waals surface area contributed by atoms with Gasteiger partial charge in [-0.25, -0.2) is 0 Å². The molecule has 0 atom stereocenters. The Morgan fingerprint density at radius 2 is 2.00 bits per heavy atom. The van der Waals surface area contributed by atoms with E-state index in [0.29, 0.717) is 6.54 Å². The number of fused-ring (bicyclic) bond motifs is 3. The van der Waals surface area contributed by atoms with Crippen LogP contribution in [0.1, 0.15) is 25.0 Å². The van der Waals surface area contributed by atoms with Crippen LogP contribution in [0.25, 0.3) is 21.8 Å². The third-order valence-electron chi connectivity index (χ3n) is 5.83. The number of carbonyl (C=O) groups excluding carboxylic acids is 1. The van der Waals surface area contributed by atoms with Gasteiger partial charge in [0.05, 0.1) is 17.8 Å². The van der Waals surface area contributed by atoms with Gasteiger partial charge in [0, 0.05) is 55.2 Å². The summed E-state index contributed by atoms with van der Waals surface area (Å²) in [4.78, 5) is 18.6. The summed E-state index contributed by atoms with van der Waals surface area (Å²) in [5.74, 6) is 0.130. The molecule has 1 aliphatic rings. The maximum absolute atomic E-state index is 11.6. The quantitative estimate of drug-likeness (QED) is 0.446. The first-order valence-corrected chi connectivity index (χ1v) is 11.0. The minimum atomic E-state index is 0.130. The molecule has 0 unspecified atom stereocenters. The van der Waals surface area contributed by atoms with Gasteiger partial charge >= 0.3 is 0 Å². The van der Waals surface area contributed by atoms with Gasteiger partial charge in [0.2, 0.25) is 5.91 Å². The number of para-hydroxylation sites is 1. The second-order valence-electron chi connectivity index (χ2n) is 7.97. The van der Waals surface area contributed by atoms with Crippen molar-refractivity contribution >= 4 is 27.7 Å². The number of carbonyl (C=O) groups is 1. The summed E-state index contributed by atoms with van der Waals surface area (Å²) in [6.07, 6.45) is 5.04. The number of piperazine rings is 1. The molecule has 3 aromatic rings. The summed E-state index contributed by atoms with van der Waals surface area (Å²) in [5.41, 5.74) is 9.16. The van der Waals surface area contributed by atoms with Crippen LogP contribution in [0, 0.1) is 0 Å². The Kier molecular flexibility index (Phi) is 6.94. The minimum Gasteiger partial charge on any atom is -0.354 e. The Bertz CT molecular complexity index is 998. The van der Waals surface area contributed by atoms with Gasteiger partial charge in [0.1, 0.15) is 0 Å². The van der Waals surface area contributed by atoms with Crippen molar-refractivity contribution in [1.82, 2.24) is 25.1 Å². The molecule has 7 nitrogen and oxygen atoms in total. The smallest absolute Gasteiger partial charge is 0.234 e. The Hall–Kier alpha value is -2.48. The molecule has 1 aliphatic heterocycles. The predicted molar refractivity (Wildman–Crippen MR) is 121 cm³/mol. The highest BCUT2D eigenvalue weighted by Crippen LogP contribution is 2.30. The molecule has 0 bridgehead atoms. The summed E-state index contributed by atoms with van der Waals surface area (Å²) in [5, 5.41) is 8.96. The Morgan fingerprint density at radius 1 is 1.10 bits per heavy atom. The number of hydrogen-bond acceptors (Lipinski definition) is 5. The second kappa shape index (κ2) is 10.0. The van der Waals surface area contributed by atoms with Gasteiger partial charge in [-0.1, -0.05) is 18.2 Å². The lowest BCUT2D eigenvalue weighted by Gasteiger charge is -2.26. The Morgan fingerprint density at radius 3 is 2.87 bits per heavy atom. The van der Waals surface area contributed by atoms with E-state index >= 15 is 0 Å². The van der Waals surface area contributed by atoms with Gasteiger partial charge in [-0.2, -0.15) is 0 Å². The minimum absolute atomic E-state index is 0.130. The molecule has 1 amide bonds. The number of aromatic nitrogens is 2. The molecule has 0 radical (unpaired) electrons. The largest absolute Gasteiger partial charge is 0.354 e. The molecule has 0 spiro atoms. The lowest BCUT2D eigenvalue weighted by Crippen LogP contribution is -2.47. The third kappa shape index (κ3) is 4.64. The third-order valence-corrected chi connectivity index (χ3v) is 5.83. The predicted octanol–water partition coefficient (Wildman–Crippen LogP) is 1.84. The number of unbranched alkanes of at least 4 members (excludes halogenated alkanes) is 1. The molecule has 30 heavy (non-hydrogen) atoms. The molecule has 4 N–H and O–H groups in total. The number of nitrogens with zero attached hydrogens (tertiary/aromatic N) is 3. The summed E-state index contributed by atoms with van der Waals surface area (Å²) >= 11 is 0. The molecule has 3 heterocycles. The highest BCUT2D eigenvalue weighted by molar-refractivity contribution is 6.08. The van der Waals surface area contributed by atoms with Crippen LogP contribution in [0.4, 0.5) is 0 Å². The van der Waals surface area contributed by atoms with Crippen molar-refractivity contribution in [3.63, 3.8) is 0 Å². The van der Waals surface area contributed by atoms with Crippen LogP contribution in [-0.2, 0) is 17.9 Å². The van der Waals surface area contributed by atoms with Crippen LogP contribution >= 0.6 is 0 Å². The molecule has 7 heteroatoms. The lowest BCUT2D eigenvalue weighted by atomic mass is 10.1. The first kappa shape index (κ1) is 20.8. The molecule has 0 saturated carbocycles. The van der Waals surface area contributed by atoms with E-state index < -0.39 is 0 Å². The van der Waals surface area contributed by atoms with E-state index in [0.717, 1.165) is 70.8 Å². The molecule has 1 saturated heterocycles. The van der Waals surface area contributed by atoms with Crippen molar-refractivity contribution in [3.8, 4) is 0 Å². The summed E-state index contributed by atoms with van der Waals surface area (Å²) in [7, 11) is 0. The SMILES string of the molecule is NCCCCNCc1nccc2c3ccccc3n(CCCN3CCNC(=O)C3)c12. The van der Waals surface area contributed by atoms with Gasteiger partial charge in [0.15, 0.2) is 0 Å². The number of amides is 1. The molecule has 4 rings (SSSR count). The molecule has 2 aromatic heterocycles. The molecular weight excluding hydrogens is 376 g/mol. The number of benzene rings is 1. The normalized spacial score (nSPS) is 15.2. The summed E-state index contributed by atoms with van der Waals surface area (Å²) in [6, 6.07) is 10.7. The van der Waals surface area contributed by atoms with E-state index in [1.807, 2.05) is 6.20 Å². The standard InChI is InChI=1S/C23H32N6O/c24-9-3-4-10-25-16-20-23-19(8-11-26-20)18-6-1-2-7-21(18)29(23)14-5-13-28-15-12-27-22(30)17-28/h1-2,6-8,11,25H,3-5,9-10,12-17,24H2,(H,27,30). The molecule has 1 fully saturated rings. The topological polar surface area (TPSA) is 88.2 Å². The van der Waals surface area contributed by atoms with E-state index in [-0.39, 0.29) is 5.91 Å². The van der Waals surface area contributed by atoms with Gasteiger partial charge in [-0.15, -0.1) is 0 Å². The van der Waals surface area contributed by atoms with Crippen LogP contribution in [0.5, 0.6) is 0 Å². The average molecular weight is 409 g/mol. The van der Waals surface area contributed by atoms with Gasteiger partial charge in [-0.05, 0) is 44.5 Å². The first-order valence-electron chi connectivity index (χ1n) is 11.0. The zero-order valence-corrected chi connectivity index (χ0v) is 17.6. The number of aryl methyl sites for hydroxylation is 1. The van der Waals surface area contributed by atoms with Crippen molar-refractivity contribution in [3.05, 3.63) is 42.2 Å². The average Bonchev–Trinajstić information content (AvgIpc) is 3.08. The Labute approximate surface area is 177 Å². The van der Waals surface area contributed by atoms with Crippen LogP contribution in [0.3, 0.4) is 0 Å². The summed E-state index contributed by atoms with van der Waals surface area (Å²) in [6.45, 7) is 6.46. The van der Waals surface area contributed by atoms with Crippen LogP contribution in [0.15, 0.2) is 36.5 Å². The highest BCUT2D eigenvalue weighted by Gasteiger charge is 2.17. The fraction of sp³-hybridized carbons (Fsp3) is 0.478. The van der Waals surface area contributed by atoms with Crippen LogP contribution < -0.4 is 16.4 Å². The highest BCUT2D eigenvalue weighted by atomic mass is 16.2.